The Kier molecular flexibility index (Phi) is 5.82. The van der Waals surface area contributed by atoms with Crippen molar-refractivity contribution in [2.24, 2.45) is 0 Å². The molecule has 8 heteroatoms. The third-order valence-corrected chi connectivity index (χ3v) is 3.54. The standard InChI is InChI=1S/C15H9Cl3FNO3/c16-8-1-3-11(17)10(5-8)15(22)23-7-14(21)20-9-2-4-13(19)12(18)6-9/h1-6H,7H2,(H,20,21). The van der Waals surface area contributed by atoms with Crippen molar-refractivity contribution in [3.8, 4) is 0 Å². The summed E-state index contributed by atoms with van der Waals surface area (Å²) < 4.78 is 17.9. The number of hydrogen-bond donors (Lipinski definition) is 1. The van der Waals surface area contributed by atoms with Gasteiger partial charge in [-0.25, -0.2) is 9.18 Å². The molecule has 0 saturated carbocycles. The molecule has 0 radical (unpaired) electrons. The molecule has 0 bridgehead atoms. The minimum atomic E-state index is -0.787. The molecule has 0 aliphatic carbocycles. The van der Waals surface area contributed by atoms with Gasteiger partial charge in [0.25, 0.3) is 5.91 Å². The van der Waals surface area contributed by atoms with E-state index in [1.807, 2.05) is 0 Å². The van der Waals surface area contributed by atoms with Crippen LogP contribution in [-0.4, -0.2) is 18.5 Å². The normalized spacial score (nSPS) is 10.3. The molecule has 0 heterocycles. The Morgan fingerprint density at radius 2 is 1.78 bits per heavy atom. The smallest absolute Gasteiger partial charge is 0.340 e. The summed E-state index contributed by atoms with van der Waals surface area (Å²) in [4.78, 5) is 23.6. The van der Waals surface area contributed by atoms with Crippen LogP contribution in [0.15, 0.2) is 36.4 Å². The van der Waals surface area contributed by atoms with Crippen molar-refractivity contribution in [2.45, 2.75) is 0 Å². The zero-order chi connectivity index (χ0) is 17.0. The van der Waals surface area contributed by atoms with Crippen LogP contribution in [0.3, 0.4) is 0 Å². The Morgan fingerprint density at radius 1 is 1.04 bits per heavy atom. The summed E-state index contributed by atoms with van der Waals surface area (Å²) >= 11 is 17.2. The summed E-state index contributed by atoms with van der Waals surface area (Å²) in [6.07, 6.45) is 0. The molecule has 0 unspecified atom stereocenters. The van der Waals surface area contributed by atoms with Crippen molar-refractivity contribution in [3.63, 3.8) is 0 Å². The molecular formula is C15H9Cl3FNO3. The quantitative estimate of drug-likeness (QED) is 0.795. The zero-order valence-electron chi connectivity index (χ0n) is 11.4. The van der Waals surface area contributed by atoms with Gasteiger partial charge in [-0.15, -0.1) is 0 Å². The molecule has 0 aliphatic heterocycles. The lowest BCUT2D eigenvalue weighted by Crippen LogP contribution is -2.21. The number of anilines is 1. The number of ether oxygens (including phenoxy) is 1. The van der Waals surface area contributed by atoms with E-state index in [4.69, 9.17) is 39.5 Å². The molecule has 0 aromatic heterocycles. The molecule has 0 saturated heterocycles. The Morgan fingerprint density at radius 3 is 2.48 bits per heavy atom. The van der Waals surface area contributed by atoms with E-state index in [2.05, 4.69) is 5.32 Å². The number of benzene rings is 2. The zero-order valence-corrected chi connectivity index (χ0v) is 13.7. The van der Waals surface area contributed by atoms with Gasteiger partial charge >= 0.3 is 5.97 Å². The summed E-state index contributed by atoms with van der Waals surface area (Å²) in [5.74, 6) is -2.00. The number of nitrogens with one attached hydrogen (secondary N) is 1. The largest absolute Gasteiger partial charge is 0.452 e. The molecule has 2 aromatic carbocycles. The fraction of sp³-hybridized carbons (Fsp3) is 0.0667. The summed E-state index contributed by atoms with van der Waals surface area (Å²) in [6.45, 7) is -0.545. The van der Waals surface area contributed by atoms with Crippen molar-refractivity contribution in [3.05, 3.63) is 62.8 Å². The topological polar surface area (TPSA) is 55.4 Å². The number of rotatable bonds is 4. The summed E-state index contributed by atoms with van der Waals surface area (Å²) in [6, 6.07) is 7.98. The monoisotopic (exact) mass is 375 g/mol. The Balaban J connectivity index is 1.94. The van der Waals surface area contributed by atoms with Crippen molar-refractivity contribution in [1.29, 1.82) is 0 Å². The van der Waals surface area contributed by atoms with Crippen LogP contribution in [0.5, 0.6) is 0 Å². The molecule has 120 valence electrons. The van der Waals surface area contributed by atoms with Gasteiger partial charge in [0, 0.05) is 10.7 Å². The maximum absolute atomic E-state index is 13.0. The number of esters is 1. The molecule has 2 aromatic rings. The van der Waals surface area contributed by atoms with Gasteiger partial charge in [0.1, 0.15) is 5.82 Å². The van der Waals surface area contributed by atoms with Crippen LogP contribution in [0.2, 0.25) is 15.1 Å². The predicted molar refractivity (Wildman–Crippen MR) is 86.8 cm³/mol. The van der Waals surface area contributed by atoms with Crippen LogP contribution in [-0.2, 0) is 9.53 Å². The fourth-order valence-corrected chi connectivity index (χ4v) is 2.18. The molecule has 0 spiro atoms. The molecule has 1 amide bonds. The van der Waals surface area contributed by atoms with Crippen molar-refractivity contribution in [2.75, 3.05) is 11.9 Å². The second-order valence-corrected chi connectivity index (χ2v) is 5.63. The van der Waals surface area contributed by atoms with E-state index in [9.17, 15) is 14.0 Å². The van der Waals surface area contributed by atoms with Gasteiger partial charge in [0.15, 0.2) is 6.61 Å². The van der Waals surface area contributed by atoms with Crippen LogP contribution in [0, 0.1) is 5.82 Å². The fourth-order valence-electron chi connectivity index (χ4n) is 1.63. The Bertz CT molecular complexity index is 768. The van der Waals surface area contributed by atoms with E-state index in [1.165, 1.54) is 30.3 Å². The van der Waals surface area contributed by atoms with Crippen molar-refractivity contribution < 1.29 is 18.7 Å². The third kappa shape index (κ3) is 4.82. The van der Waals surface area contributed by atoms with Gasteiger partial charge in [-0.2, -0.15) is 0 Å². The first-order valence-corrected chi connectivity index (χ1v) is 7.37. The SMILES string of the molecule is O=C(COC(=O)c1cc(Cl)ccc1Cl)Nc1ccc(F)c(Cl)c1. The lowest BCUT2D eigenvalue weighted by Gasteiger charge is -2.08. The van der Waals surface area contributed by atoms with Crippen LogP contribution < -0.4 is 5.32 Å². The highest BCUT2D eigenvalue weighted by Gasteiger charge is 2.14. The summed E-state index contributed by atoms with van der Waals surface area (Å²) in [5.41, 5.74) is 0.329. The molecular weight excluding hydrogens is 368 g/mol. The third-order valence-electron chi connectivity index (χ3n) is 2.69. The molecule has 0 aliphatic rings. The van der Waals surface area contributed by atoms with Gasteiger partial charge in [-0.1, -0.05) is 34.8 Å². The van der Waals surface area contributed by atoms with Gasteiger partial charge in [-0.3, -0.25) is 4.79 Å². The lowest BCUT2D eigenvalue weighted by atomic mass is 10.2. The predicted octanol–water partition coefficient (Wildman–Crippen LogP) is 4.58. The molecule has 4 nitrogen and oxygen atoms in total. The van der Waals surface area contributed by atoms with E-state index in [-0.39, 0.29) is 21.3 Å². The molecule has 23 heavy (non-hydrogen) atoms. The average molecular weight is 377 g/mol. The van der Waals surface area contributed by atoms with Gasteiger partial charge in [0.2, 0.25) is 0 Å². The minimum absolute atomic E-state index is 0.0526. The number of carbonyl (C=O) groups excluding carboxylic acids is 2. The first-order valence-electron chi connectivity index (χ1n) is 6.24. The van der Waals surface area contributed by atoms with Crippen LogP contribution in [0.1, 0.15) is 10.4 Å². The van der Waals surface area contributed by atoms with E-state index in [1.54, 1.807) is 0 Å². The van der Waals surface area contributed by atoms with Gasteiger partial charge in [-0.05, 0) is 36.4 Å². The second-order valence-electron chi connectivity index (χ2n) is 4.38. The first-order chi connectivity index (χ1) is 10.9. The van der Waals surface area contributed by atoms with Crippen LogP contribution >= 0.6 is 34.8 Å². The molecule has 1 N–H and O–H groups in total. The summed E-state index contributed by atoms with van der Waals surface area (Å²) in [7, 11) is 0. The highest BCUT2D eigenvalue weighted by Crippen LogP contribution is 2.22. The molecule has 0 atom stereocenters. The first kappa shape index (κ1) is 17.5. The Hall–Kier alpha value is -1.82. The minimum Gasteiger partial charge on any atom is -0.452 e. The number of carbonyl (C=O) groups is 2. The van der Waals surface area contributed by atoms with E-state index in [0.29, 0.717) is 5.02 Å². The number of halogens is 4. The maximum atomic E-state index is 13.0. The van der Waals surface area contributed by atoms with E-state index < -0.39 is 24.3 Å². The highest BCUT2D eigenvalue weighted by atomic mass is 35.5. The Labute approximate surface area is 146 Å². The summed E-state index contributed by atoms with van der Waals surface area (Å²) in [5, 5.41) is 2.75. The van der Waals surface area contributed by atoms with Crippen molar-refractivity contribution >= 4 is 52.4 Å². The van der Waals surface area contributed by atoms with Crippen molar-refractivity contribution in [1.82, 2.24) is 0 Å². The maximum Gasteiger partial charge on any atom is 0.340 e. The van der Waals surface area contributed by atoms with Crippen LogP contribution in [0.4, 0.5) is 10.1 Å². The molecule has 0 fully saturated rings. The lowest BCUT2D eigenvalue weighted by molar-refractivity contribution is -0.119. The number of hydrogen-bond acceptors (Lipinski definition) is 3. The average Bonchev–Trinajstić information content (AvgIpc) is 2.51. The van der Waals surface area contributed by atoms with E-state index >= 15 is 0 Å². The van der Waals surface area contributed by atoms with Gasteiger partial charge in [0.05, 0.1) is 15.6 Å². The highest BCUT2D eigenvalue weighted by molar-refractivity contribution is 6.35. The number of amides is 1. The second kappa shape index (κ2) is 7.64. The van der Waals surface area contributed by atoms with Crippen LogP contribution in [0.25, 0.3) is 0 Å². The van der Waals surface area contributed by atoms with Gasteiger partial charge < -0.3 is 10.1 Å². The van der Waals surface area contributed by atoms with E-state index in [0.717, 1.165) is 6.07 Å². The molecule has 2 rings (SSSR count).